The van der Waals surface area contributed by atoms with Crippen LogP contribution in [-0.2, 0) is 4.79 Å². The van der Waals surface area contributed by atoms with E-state index >= 15 is 0 Å². The lowest BCUT2D eigenvalue weighted by molar-refractivity contribution is -0.117. The zero-order valence-corrected chi connectivity index (χ0v) is 16.4. The smallest absolute Gasteiger partial charge is 0.237 e. The molecule has 2 heterocycles. The van der Waals surface area contributed by atoms with E-state index in [1.807, 2.05) is 30.9 Å². The van der Waals surface area contributed by atoms with Crippen molar-refractivity contribution in [2.75, 3.05) is 10.7 Å². The lowest BCUT2D eigenvalue weighted by atomic mass is 9.80. The standard InChI is InChI=1S/C20H25N3OS/c1-13-11-20(4,5)23(17-9-7-6-8-16(13)17)18(24)12-25-19-21-14(2)10-15(3)22-19/h6-10,13H,11-12H2,1-5H3/t13-/m1/s1. The van der Waals surface area contributed by atoms with Crippen LogP contribution in [0.5, 0.6) is 0 Å². The van der Waals surface area contributed by atoms with E-state index in [-0.39, 0.29) is 11.4 Å². The van der Waals surface area contributed by atoms with E-state index in [2.05, 4.69) is 48.9 Å². The van der Waals surface area contributed by atoms with Crippen molar-refractivity contribution >= 4 is 23.4 Å². The third-order valence-electron chi connectivity index (χ3n) is 4.66. The van der Waals surface area contributed by atoms with E-state index in [0.717, 1.165) is 23.5 Å². The molecule has 1 amide bonds. The van der Waals surface area contributed by atoms with Crippen LogP contribution in [0.15, 0.2) is 35.5 Å². The summed E-state index contributed by atoms with van der Waals surface area (Å²) >= 11 is 1.41. The highest BCUT2D eigenvalue weighted by molar-refractivity contribution is 7.99. The number of benzene rings is 1. The summed E-state index contributed by atoms with van der Waals surface area (Å²) in [5.41, 5.74) is 3.95. The summed E-state index contributed by atoms with van der Waals surface area (Å²) in [6, 6.07) is 10.2. The first-order valence-corrected chi connectivity index (χ1v) is 9.63. The van der Waals surface area contributed by atoms with Gasteiger partial charge in [0.05, 0.1) is 5.75 Å². The van der Waals surface area contributed by atoms with Gasteiger partial charge in [-0.1, -0.05) is 36.9 Å². The fraction of sp³-hybridized carbons (Fsp3) is 0.450. The Bertz CT molecular complexity index is 783. The first-order chi connectivity index (χ1) is 11.8. The highest BCUT2D eigenvalue weighted by Crippen LogP contribution is 2.43. The Morgan fingerprint density at radius 1 is 1.24 bits per heavy atom. The van der Waals surface area contributed by atoms with Gasteiger partial charge in [-0.15, -0.1) is 0 Å². The number of amides is 1. The van der Waals surface area contributed by atoms with E-state index in [0.29, 0.717) is 16.8 Å². The fourth-order valence-corrected chi connectivity index (χ4v) is 4.60. The first-order valence-electron chi connectivity index (χ1n) is 8.65. The van der Waals surface area contributed by atoms with Crippen molar-refractivity contribution in [2.24, 2.45) is 0 Å². The fourth-order valence-electron chi connectivity index (χ4n) is 3.81. The van der Waals surface area contributed by atoms with Crippen molar-refractivity contribution in [3.63, 3.8) is 0 Å². The van der Waals surface area contributed by atoms with Crippen LogP contribution in [0.2, 0.25) is 0 Å². The van der Waals surface area contributed by atoms with Gasteiger partial charge in [-0.25, -0.2) is 9.97 Å². The molecule has 0 spiro atoms. The number of fused-ring (bicyclic) bond motifs is 1. The Morgan fingerprint density at radius 3 is 2.56 bits per heavy atom. The van der Waals surface area contributed by atoms with Crippen molar-refractivity contribution in [3.05, 3.63) is 47.3 Å². The van der Waals surface area contributed by atoms with E-state index in [4.69, 9.17) is 0 Å². The number of anilines is 1. The van der Waals surface area contributed by atoms with Crippen molar-refractivity contribution in [1.82, 2.24) is 9.97 Å². The van der Waals surface area contributed by atoms with E-state index in [1.54, 1.807) is 0 Å². The Morgan fingerprint density at radius 2 is 1.88 bits per heavy atom. The van der Waals surface area contributed by atoms with E-state index in [9.17, 15) is 4.79 Å². The molecule has 4 nitrogen and oxygen atoms in total. The van der Waals surface area contributed by atoms with Gasteiger partial charge in [-0.2, -0.15) is 0 Å². The van der Waals surface area contributed by atoms with Crippen LogP contribution in [0.4, 0.5) is 5.69 Å². The lowest BCUT2D eigenvalue weighted by Gasteiger charge is -2.46. The van der Waals surface area contributed by atoms with Crippen molar-refractivity contribution in [3.8, 4) is 0 Å². The maximum absolute atomic E-state index is 13.1. The molecule has 0 N–H and O–H groups in total. The van der Waals surface area contributed by atoms with Crippen molar-refractivity contribution in [2.45, 2.75) is 57.7 Å². The van der Waals surface area contributed by atoms with Gasteiger partial charge in [0.25, 0.3) is 0 Å². The van der Waals surface area contributed by atoms with Crippen molar-refractivity contribution < 1.29 is 4.79 Å². The van der Waals surface area contributed by atoms with Crippen LogP contribution in [0, 0.1) is 13.8 Å². The molecule has 1 aliphatic rings. The molecule has 0 unspecified atom stereocenters. The van der Waals surface area contributed by atoms with Crippen LogP contribution in [0.25, 0.3) is 0 Å². The predicted octanol–water partition coefficient (Wildman–Crippen LogP) is 4.50. The summed E-state index contributed by atoms with van der Waals surface area (Å²) in [7, 11) is 0. The maximum atomic E-state index is 13.1. The summed E-state index contributed by atoms with van der Waals surface area (Å²) < 4.78 is 0. The zero-order chi connectivity index (χ0) is 18.2. The molecule has 5 heteroatoms. The third kappa shape index (κ3) is 3.71. The highest BCUT2D eigenvalue weighted by Gasteiger charge is 2.39. The quantitative estimate of drug-likeness (QED) is 0.600. The van der Waals surface area contributed by atoms with E-state index < -0.39 is 0 Å². The molecule has 1 aromatic heterocycles. The SMILES string of the molecule is Cc1cc(C)nc(SCC(=O)N2c3ccccc3[C@H](C)CC2(C)C)n1. The number of carbonyl (C=O) groups excluding carboxylic acids is 1. The Hall–Kier alpha value is -1.88. The summed E-state index contributed by atoms with van der Waals surface area (Å²) in [6.45, 7) is 10.4. The monoisotopic (exact) mass is 355 g/mol. The van der Waals surface area contributed by atoms with Crippen LogP contribution in [0.3, 0.4) is 0 Å². The van der Waals surface area contributed by atoms with Gasteiger partial charge in [0.15, 0.2) is 5.16 Å². The molecule has 0 saturated carbocycles. The summed E-state index contributed by atoms with van der Waals surface area (Å²) in [5, 5.41) is 0.669. The second-order valence-electron chi connectivity index (χ2n) is 7.43. The maximum Gasteiger partial charge on any atom is 0.237 e. The number of nitrogens with zero attached hydrogens (tertiary/aromatic N) is 3. The number of hydrogen-bond acceptors (Lipinski definition) is 4. The Labute approximate surface area is 154 Å². The Kier molecular flexibility index (Phi) is 4.87. The number of thioether (sulfide) groups is 1. The third-order valence-corrected chi connectivity index (χ3v) is 5.49. The average Bonchev–Trinajstić information content (AvgIpc) is 2.51. The summed E-state index contributed by atoms with van der Waals surface area (Å²) in [4.78, 5) is 23.9. The normalized spacial score (nSPS) is 18.8. The van der Waals surface area contributed by atoms with Gasteiger partial charge in [0.1, 0.15) is 0 Å². The molecule has 3 rings (SSSR count). The molecule has 0 saturated heterocycles. The molecule has 132 valence electrons. The largest absolute Gasteiger partial charge is 0.306 e. The predicted molar refractivity (Wildman–Crippen MR) is 103 cm³/mol. The zero-order valence-electron chi connectivity index (χ0n) is 15.5. The number of rotatable bonds is 3. The molecule has 2 aromatic rings. The van der Waals surface area contributed by atoms with Gasteiger partial charge in [-0.05, 0) is 57.7 Å². The average molecular weight is 356 g/mol. The number of aryl methyl sites for hydroxylation is 2. The van der Waals surface area contributed by atoms with Crippen LogP contribution < -0.4 is 4.90 Å². The van der Waals surface area contributed by atoms with Gasteiger partial charge in [0.2, 0.25) is 5.91 Å². The second kappa shape index (κ2) is 6.79. The van der Waals surface area contributed by atoms with Crippen LogP contribution >= 0.6 is 11.8 Å². The first kappa shape index (κ1) is 17.9. The van der Waals surface area contributed by atoms with Gasteiger partial charge in [0, 0.05) is 22.6 Å². The van der Waals surface area contributed by atoms with Crippen LogP contribution in [-0.4, -0.2) is 27.2 Å². The highest BCUT2D eigenvalue weighted by atomic mass is 32.2. The van der Waals surface area contributed by atoms with E-state index in [1.165, 1.54) is 17.3 Å². The minimum atomic E-state index is -0.200. The molecule has 1 aromatic carbocycles. The number of carbonyl (C=O) groups is 1. The molecule has 25 heavy (non-hydrogen) atoms. The molecule has 0 bridgehead atoms. The number of para-hydroxylation sites is 1. The number of hydrogen-bond donors (Lipinski definition) is 0. The Balaban J connectivity index is 1.84. The molecule has 0 fully saturated rings. The van der Waals surface area contributed by atoms with Crippen molar-refractivity contribution in [1.29, 1.82) is 0 Å². The second-order valence-corrected chi connectivity index (χ2v) is 8.37. The summed E-state index contributed by atoms with van der Waals surface area (Å²) in [5.74, 6) is 0.900. The lowest BCUT2D eigenvalue weighted by Crippen LogP contribution is -2.52. The summed E-state index contributed by atoms with van der Waals surface area (Å²) in [6.07, 6.45) is 0.959. The molecule has 0 radical (unpaired) electrons. The molecular formula is C20H25N3OS. The minimum absolute atomic E-state index is 0.108. The molecule has 1 aliphatic heterocycles. The number of aromatic nitrogens is 2. The van der Waals surface area contributed by atoms with Gasteiger partial charge >= 0.3 is 0 Å². The van der Waals surface area contributed by atoms with Gasteiger partial charge < -0.3 is 4.90 Å². The van der Waals surface area contributed by atoms with Gasteiger partial charge in [-0.3, -0.25) is 4.79 Å². The molecular weight excluding hydrogens is 330 g/mol. The topological polar surface area (TPSA) is 46.1 Å². The molecule has 0 aliphatic carbocycles. The molecule has 1 atom stereocenters. The minimum Gasteiger partial charge on any atom is -0.306 e. The van der Waals surface area contributed by atoms with Crippen LogP contribution in [0.1, 0.15) is 50.1 Å².